The molecule has 0 radical (unpaired) electrons. The van der Waals surface area contributed by atoms with Gasteiger partial charge < -0.3 is 15.3 Å². The van der Waals surface area contributed by atoms with Crippen LogP contribution in [0.5, 0.6) is 5.75 Å². The van der Waals surface area contributed by atoms with E-state index in [0.717, 1.165) is 11.1 Å². The molecule has 1 aliphatic carbocycles. The van der Waals surface area contributed by atoms with Gasteiger partial charge in [-0.05, 0) is 77.7 Å². The number of aliphatic hydroxyl groups excluding tert-OH is 2. The first-order valence-corrected chi connectivity index (χ1v) is 15.3. The van der Waals surface area contributed by atoms with Gasteiger partial charge in [-0.3, -0.25) is 19.2 Å². The maximum absolute atomic E-state index is 13.7. The number of hydrogen-bond acceptors (Lipinski definition) is 7. The van der Waals surface area contributed by atoms with Gasteiger partial charge in [-0.2, -0.15) is 0 Å². The molecule has 0 amide bonds. The second-order valence-corrected chi connectivity index (χ2v) is 14.5. The minimum absolute atomic E-state index is 0.0231. The summed E-state index contributed by atoms with van der Waals surface area (Å²) in [7, 11) is 0. The van der Waals surface area contributed by atoms with Crippen LogP contribution >= 0.6 is 0 Å². The van der Waals surface area contributed by atoms with Crippen molar-refractivity contribution in [3.05, 3.63) is 52.6 Å². The number of carbonyl (C=O) groups excluding carboxylic acids is 4. The fourth-order valence-corrected chi connectivity index (χ4v) is 6.42. The fourth-order valence-electron chi connectivity index (χ4n) is 6.42. The van der Waals surface area contributed by atoms with Crippen LogP contribution in [0.15, 0.2) is 30.3 Å². The predicted molar refractivity (Wildman–Crippen MR) is 167 cm³/mol. The standard InChI is InChI=1S/C36H48O7/c1-21(39)23-9-8-10-24(16-23)27-18-30(36(5,6)7)34(43)33-28(27)14-22(15-32(33)42)13-25(11-12-37)29(20-38)31(41)17-26(40)19-35(2,3)4/h8-10,16,18,22,25,29,37-38,43H,11-15,17,19-20H2,1-7H3. The fraction of sp³-hybridized carbons (Fsp3) is 0.556. The Morgan fingerprint density at radius 1 is 1.00 bits per heavy atom. The third kappa shape index (κ3) is 8.48. The van der Waals surface area contributed by atoms with Crippen LogP contribution in [0.1, 0.15) is 112 Å². The Balaban J connectivity index is 2.02. The number of fused-ring (bicyclic) bond motifs is 1. The molecule has 234 valence electrons. The van der Waals surface area contributed by atoms with Gasteiger partial charge in [0.05, 0.1) is 18.6 Å². The largest absolute Gasteiger partial charge is 0.507 e. The Hall–Kier alpha value is -3.16. The van der Waals surface area contributed by atoms with Gasteiger partial charge in [0.1, 0.15) is 17.3 Å². The molecule has 43 heavy (non-hydrogen) atoms. The first kappa shape index (κ1) is 34.3. The molecular weight excluding hydrogens is 544 g/mol. The van der Waals surface area contributed by atoms with Crippen LogP contribution in [0.25, 0.3) is 11.1 Å². The number of carbonyl (C=O) groups is 4. The Kier molecular flexibility index (Phi) is 10.9. The highest BCUT2D eigenvalue weighted by Gasteiger charge is 2.37. The van der Waals surface area contributed by atoms with E-state index in [1.807, 2.05) is 53.7 Å². The van der Waals surface area contributed by atoms with Crippen LogP contribution in [-0.4, -0.2) is 51.7 Å². The SMILES string of the molecule is CC(=O)c1cccc(-c2cc(C(C)(C)C)c(O)c3c2CC(CC(CCO)C(CO)C(=O)CC(=O)CC(C)(C)C)CC3=O)c1. The smallest absolute Gasteiger partial charge is 0.167 e. The van der Waals surface area contributed by atoms with Gasteiger partial charge >= 0.3 is 0 Å². The van der Waals surface area contributed by atoms with E-state index in [0.29, 0.717) is 35.1 Å². The van der Waals surface area contributed by atoms with Gasteiger partial charge in [-0.1, -0.05) is 59.7 Å². The molecule has 0 saturated heterocycles. The number of phenolic OH excluding ortho intramolecular Hbond substituents is 1. The lowest BCUT2D eigenvalue weighted by atomic mass is 9.70. The molecule has 2 aromatic carbocycles. The molecule has 0 heterocycles. The van der Waals surface area contributed by atoms with Crippen molar-refractivity contribution >= 4 is 23.1 Å². The van der Waals surface area contributed by atoms with Crippen molar-refractivity contribution in [2.24, 2.45) is 23.2 Å². The zero-order chi connectivity index (χ0) is 32.3. The van der Waals surface area contributed by atoms with Crippen LogP contribution in [0.4, 0.5) is 0 Å². The van der Waals surface area contributed by atoms with Gasteiger partial charge in [0.2, 0.25) is 0 Å². The molecule has 0 saturated carbocycles. The van der Waals surface area contributed by atoms with Gasteiger partial charge in [0, 0.05) is 36.5 Å². The molecule has 3 unspecified atom stereocenters. The molecule has 3 atom stereocenters. The number of Topliss-reactive ketones (excluding diaryl/α,β-unsaturated/α-hetero) is 4. The van der Waals surface area contributed by atoms with Crippen LogP contribution in [-0.2, 0) is 21.4 Å². The number of phenols is 1. The molecule has 0 bridgehead atoms. The molecule has 1 aliphatic rings. The van der Waals surface area contributed by atoms with Gasteiger partial charge in [0.25, 0.3) is 0 Å². The summed E-state index contributed by atoms with van der Waals surface area (Å²) < 4.78 is 0. The third-order valence-corrected chi connectivity index (χ3v) is 8.46. The number of hydrogen-bond donors (Lipinski definition) is 3. The Morgan fingerprint density at radius 2 is 1.67 bits per heavy atom. The van der Waals surface area contributed by atoms with Gasteiger partial charge in [-0.25, -0.2) is 0 Å². The molecule has 0 aromatic heterocycles. The van der Waals surface area contributed by atoms with E-state index >= 15 is 0 Å². The highest BCUT2D eigenvalue weighted by Crippen LogP contribution is 2.45. The molecule has 3 rings (SSSR count). The first-order valence-electron chi connectivity index (χ1n) is 15.3. The van der Waals surface area contributed by atoms with Crippen LogP contribution in [0, 0.1) is 23.2 Å². The van der Waals surface area contributed by atoms with Crippen molar-refractivity contribution < 1.29 is 34.5 Å². The second-order valence-electron chi connectivity index (χ2n) is 14.5. The van der Waals surface area contributed by atoms with E-state index in [2.05, 4.69) is 0 Å². The number of aliphatic hydroxyl groups is 2. The molecular formula is C36H48O7. The topological polar surface area (TPSA) is 129 Å². The highest BCUT2D eigenvalue weighted by molar-refractivity contribution is 6.04. The first-order chi connectivity index (χ1) is 20.0. The zero-order valence-corrected chi connectivity index (χ0v) is 26.8. The number of rotatable bonds is 12. The average Bonchev–Trinajstić information content (AvgIpc) is 2.87. The Labute approximate surface area is 255 Å². The van der Waals surface area contributed by atoms with E-state index in [1.54, 1.807) is 18.2 Å². The summed E-state index contributed by atoms with van der Waals surface area (Å²) in [6.45, 7) is 12.6. The minimum atomic E-state index is -0.823. The molecule has 2 aromatic rings. The molecule has 7 nitrogen and oxygen atoms in total. The maximum Gasteiger partial charge on any atom is 0.167 e. The van der Waals surface area contributed by atoms with Gasteiger partial charge in [-0.15, -0.1) is 0 Å². The molecule has 0 fully saturated rings. The van der Waals surface area contributed by atoms with E-state index in [1.165, 1.54) is 6.92 Å². The average molecular weight is 593 g/mol. The van der Waals surface area contributed by atoms with E-state index in [9.17, 15) is 34.5 Å². The number of benzene rings is 2. The quantitative estimate of drug-likeness (QED) is 0.196. The third-order valence-electron chi connectivity index (χ3n) is 8.46. The van der Waals surface area contributed by atoms with Crippen molar-refractivity contribution in [3.8, 4) is 16.9 Å². The number of ketones is 4. The summed E-state index contributed by atoms with van der Waals surface area (Å²) in [6, 6.07) is 9.16. The van der Waals surface area contributed by atoms with Gasteiger partial charge in [0.15, 0.2) is 11.6 Å². The van der Waals surface area contributed by atoms with Crippen molar-refractivity contribution in [3.63, 3.8) is 0 Å². The van der Waals surface area contributed by atoms with E-state index in [4.69, 9.17) is 0 Å². The predicted octanol–water partition coefficient (Wildman–Crippen LogP) is 6.27. The van der Waals surface area contributed by atoms with Crippen molar-refractivity contribution in [2.45, 2.75) is 92.4 Å². The summed E-state index contributed by atoms with van der Waals surface area (Å²) in [5, 5.41) is 31.5. The van der Waals surface area contributed by atoms with Crippen LogP contribution in [0.2, 0.25) is 0 Å². The molecule has 3 N–H and O–H groups in total. The summed E-state index contributed by atoms with van der Waals surface area (Å²) in [5.41, 5.74) is 3.03. The molecule has 0 aliphatic heterocycles. The normalized spacial score (nSPS) is 16.9. The number of aromatic hydroxyl groups is 1. The summed E-state index contributed by atoms with van der Waals surface area (Å²) in [5.74, 6) is -2.27. The van der Waals surface area contributed by atoms with E-state index < -0.39 is 23.9 Å². The van der Waals surface area contributed by atoms with Crippen molar-refractivity contribution in [1.29, 1.82) is 0 Å². The van der Waals surface area contributed by atoms with Crippen molar-refractivity contribution in [1.82, 2.24) is 0 Å². The minimum Gasteiger partial charge on any atom is -0.507 e. The highest BCUT2D eigenvalue weighted by atomic mass is 16.3. The molecule has 7 heteroatoms. The second kappa shape index (κ2) is 13.6. The van der Waals surface area contributed by atoms with E-state index in [-0.39, 0.29) is 72.5 Å². The monoisotopic (exact) mass is 592 g/mol. The lowest BCUT2D eigenvalue weighted by Crippen LogP contribution is -2.33. The van der Waals surface area contributed by atoms with Crippen LogP contribution in [0.3, 0.4) is 0 Å². The Morgan fingerprint density at radius 3 is 2.23 bits per heavy atom. The molecule has 0 spiro atoms. The zero-order valence-electron chi connectivity index (χ0n) is 26.8. The summed E-state index contributed by atoms with van der Waals surface area (Å²) in [4.78, 5) is 51.7. The van der Waals surface area contributed by atoms with Crippen molar-refractivity contribution in [2.75, 3.05) is 13.2 Å². The summed E-state index contributed by atoms with van der Waals surface area (Å²) in [6.07, 6.45) is 1.23. The van der Waals surface area contributed by atoms with Crippen LogP contribution < -0.4 is 0 Å². The lowest BCUT2D eigenvalue weighted by molar-refractivity contribution is -0.132. The lowest BCUT2D eigenvalue weighted by Gasteiger charge is -2.33. The maximum atomic E-state index is 13.7. The Bertz CT molecular complexity index is 1370. The summed E-state index contributed by atoms with van der Waals surface area (Å²) >= 11 is 0.